The minimum absolute atomic E-state index is 0.161. The lowest BCUT2D eigenvalue weighted by molar-refractivity contribution is 0.0827. The first-order chi connectivity index (χ1) is 11.0. The van der Waals surface area contributed by atoms with E-state index in [0.717, 1.165) is 5.56 Å². The zero-order valence-electron chi connectivity index (χ0n) is 14.7. The zero-order valence-corrected chi connectivity index (χ0v) is 15.5. The minimum atomic E-state index is -3.80. The number of benzene rings is 1. The predicted molar refractivity (Wildman–Crippen MR) is 92.7 cm³/mol. The van der Waals surface area contributed by atoms with Crippen LogP contribution in [0.3, 0.4) is 0 Å². The van der Waals surface area contributed by atoms with Crippen molar-refractivity contribution in [3.05, 3.63) is 40.7 Å². The second kappa shape index (κ2) is 6.27. The molecule has 8 heteroatoms. The summed E-state index contributed by atoms with van der Waals surface area (Å²) in [7, 11) is 1.19. The van der Waals surface area contributed by atoms with E-state index >= 15 is 0 Å². The molecule has 7 nitrogen and oxygen atoms in total. The van der Waals surface area contributed by atoms with Gasteiger partial charge < -0.3 is 4.90 Å². The molecular formula is C16H22N4O3S. The Morgan fingerprint density at radius 2 is 1.83 bits per heavy atom. The van der Waals surface area contributed by atoms with Gasteiger partial charge in [0, 0.05) is 26.7 Å². The Labute approximate surface area is 142 Å². The molecule has 0 saturated heterocycles. The number of aryl methyl sites for hydroxylation is 3. The number of hydrogen-bond donors (Lipinski definition) is 1. The molecule has 0 aliphatic heterocycles. The van der Waals surface area contributed by atoms with Gasteiger partial charge >= 0.3 is 0 Å². The van der Waals surface area contributed by atoms with Gasteiger partial charge in [-0.25, -0.2) is 8.42 Å². The molecule has 2 aromatic rings. The molecule has 1 aromatic heterocycles. The van der Waals surface area contributed by atoms with Crippen molar-refractivity contribution < 1.29 is 13.2 Å². The van der Waals surface area contributed by atoms with Crippen LogP contribution in [0.25, 0.3) is 0 Å². The van der Waals surface area contributed by atoms with Gasteiger partial charge in [0.1, 0.15) is 4.90 Å². The van der Waals surface area contributed by atoms with Crippen LogP contribution >= 0.6 is 0 Å². The smallest absolute Gasteiger partial charge is 0.265 e. The van der Waals surface area contributed by atoms with Gasteiger partial charge in [-0.3, -0.25) is 14.2 Å². The van der Waals surface area contributed by atoms with Crippen molar-refractivity contribution in [1.29, 1.82) is 0 Å². The lowest BCUT2D eigenvalue weighted by atomic mass is 10.1. The standard InChI is InChI=1S/C16H22N4O3S/c1-10-7-8-13(16(21)19(4)5)9-14(10)18-24(22,23)15-11(2)17-20(6)12(15)3/h7-9,18H,1-6H3. The Bertz CT molecular complexity index is 898. The van der Waals surface area contributed by atoms with Crippen LogP contribution in [0.15, 0.2) is 23.1 Å². The van der Waals surface area contributed by atoms with Crippen LogP contribution in [0.4, 0.5) is 5.69 Å². The second-order valence-electron chi connectivity index (χ2n) is 5.96. The lowest BCUT2D eigenvalue weighted by Gasteiger charge is -2.14. The lowest BCUT2D eigenvalue weighted by Crippen LogP contribution is -2.22. The number of amides is 1. The quantitative estimate of drug-likeness (QED) is 0.912. The number of carbonyl (C=O) groups excluding carboxylic acids is 1. The molecule has 0 spiro atoms. The highest BCUT2D eigenvalue weighted by Gasteiger charge is 2.24. The minimum Gasteiger partial charge on any atom is -0.345 e. The Morgan fingerprint density at radius 1 is 1.21 bits per heavy atom. The Kier molecular flexibility index (Phi) is 4.70. The van der Waals surface area contributed by atoms with Gasteiger partial charge in [0.15, 0.2) is 0 Å². The fourth-order valence-electron chi connectivity index (χ4n) is 2.46. The summed E-state index contributed by atoms with van der Waals surface area (Å²) in [6, 6.07) is 4.95. The number of sulfonamides is 1. The second-order valence-corrected chi connectivity index (χ2v) is 7.58. The first kappa shape index (κ1) is 18.0. The van der Waals surface area contributed by atoms with Gasteiger partial charge in [0.25, 0.3) is 15.9 Å². The Morgan fingerprint density at radius 3 is 2.33 bits per heavy atom. The molecule has 0 atom stereocenters. The van der Waals surface area contributed by atoms with Crippen molar-refractivity contribution in [3.8, 4) is 0 Å². The van der Waals surface area contributed by atoms with E-state index in [4.69, 9.17) is 0 Å². The zero-order chi connectivity index (χ0) is 18.2. The fourth-order valence-corrected chi connectivity index (χ4v) is 4.02. The van der Waals surface area contributed by atoms with E-state index in [2.05, 4.69) is 9.82 Å². The van der Waals surface area contributed by atoms with E-state index in [0.29, 0.717) is 22.6 Å². The highest BCUT2D eigenvalue weighted by molar-refractivity contribution is 7.92. The van der Waals surface area contributed by atoms with Crippen molar-refractivity contribution >= 4 is 21.6 Å². The van der Waals surface area contributed by atoms with Crippen LogP contribution in [0.5, 0.6) is 0 Å². The predicted octanol–water partition coefficient (Wildman–Crippen LogP) is 1.85. The van der Waals surface area contributed by atoms with Crippen LogP contribution in [0.2, 0.25) is 0 Å². The third-order valence-electron chi connectivity index (χ3n) is 3.85. The van der Waals surface area contributed by atoms with E-state index < -0.39 is 10.0 Å². The van der Waals surface area contributed by atoms with Gasteiger partial charge in [-0.2, -0.15) is 5.10 Å². The highest BCUT2D eigenvalue weighted by atomic mass is 32.2. The summed E-state index contributed by atoms with van der Waals surface area (Å²) >= 11 is 0. The van der Waals surface area contributed by atoms with Crippen molar-refractivity contribution in [2.75, 3.05) is 18.8 Å². The maximum Gasteiger partial charge on any atom is 0.265 e. The Balaban J connectivity index is 2.47. The van der Waals surface area contributed by atoms with Crippen molar-refractivity contribution in [2.45, 2.75) is 25.7 Å². The third-order valence-corrected chi connectivity index (χ3v) is 5.46. The molecular weight excluding hydrogens is 328 g/mol. The Hall–Kier alpha value is -2.35. The van der Waals surface area contributed by atoms with Crippen LogP contribution in [0, 0.1) is 20.8 Å². The molecule has 0 fully saturated rings. The van der Waals surface area contributed by atoms with Crippen molar-refractivity contribution in [2.24, 2.45) is 7.05 Å². The molecule has 1 heterocycles. The number of rotatable bonds is 4. The summed E-state index contributed by atoms with van der Waals surface area (Å²) in [4.78, 5) is 13.7. The van der Waals surface area contributed by atoms with E-state index in [-0.39, 0.29) is 10.8 Å². The average Bonchev–Trinajstić information content (AvgIpc) is 2.73. The molecule has 1 aromatic carbocycles. The van der Waals surface area contributed by atoms with Crippen LogP contribution in [-0.2, 0) is 17.1 Å². The van der Waals surface area contributed by atoms with E-state index in [9.17, 15) is 13.2 Å². The number of hydrogen-bond acceptors (Lipinski definition) is 4. The van der Waals surface area contributed by atoms with Crippen LogP contribution < -0.4 is 4.72 Å². The highest BCUT2D eigenvalue weighted by Crippen LogP contribution is 2.25. The van der Waals surface area contributed by atoms with Crippen LogP contribution in [0.1, 0.15) is 27.3 Å². The molecule has 130 valence electrons. The van der Waals surface area contributed by atoms with Crippen molar-refractivity contribution in [1.82, 2.24) is 14.7 Å². The summed E-state index contributed by atoms with van der Waals surface area (Å²) in [6.45, 7) is 5.14. The molecule has 0 aliphatic rings. The average molecular weight is 350 g/mol. The van der Waals surface area contributed by atoms with Gasteiger partial charge in [-0.05, 0) is 38.5 Å². The first-order valence-corrected chi connectivity index (χ1v) is 8.88. The van der Waals surface area contributed by atoms with Gasteiger partial charge in [-0.1, -0.05) is 6.07 Å². The molecule has 1 amide bonds. The molecule has 1 N–H and O–H groups in total. The number of aromatic nitrogens is 2. The SMILES string of the molecule is Cc1ccc(C(=O)N(C)C)cc1NS(=O)(=O)c1c(C)nn(C)c1C. The molecule has 2 rings (SSSR count). The fraction of sp³-hybridized carbons (Fsp3) is 0.375. The van der Waals surface area contributed by atoms with Crippen LogP contribution in [-0.4, -0.2) is 43.1 Å². The number of nitrogens with one attached hydrogen (secondary N) is 1. The van der Waals surface area contributed by atoms with Crippen molar-refractivity contribution in [3.63, 3.8) is 0 Å². The number of nitrogens with zero attached hydrogens (tertiary/aromatic N) is 3. The van der Waals surface area contributed by atoms with Gasteiger partial charge in [0.05, 0.1) is 17.1 Å². The summed E-state index contributed by atoms with van der Waals surface area (Å²) in [6.07, 6.45) is 0. The first-order valence-electron chi connectivity index (χ1n) is 7.40. The maximum absolute atomic E-state index is 12.8. The van der Waals surface area contributed by atoms with E-state index in [1.807, 2.05) is 0 Å². The van der Waals surface area contributed by atoms with Gasteiger partial charge in [0.2, 0.25) is 0 Å². The number of anilines is 1. The summed E-state index contributed by atoms with van der Waals surface area (Å²) < 4.78 is 29.6. The maximum atomic E-state index is 12.8. The monoisotopic (exact) mass is 350 g/mol. The normalized spacial score (nSPS) is 11.4. The van der Waals surface area contributed by atoms with E-state index in [1.54, 1.807) is 60.1 Å². The molecule has 0 saturated carbocycles. The topological polar surface area (TPSA) is 84.3 Å². The molecule has 24 heavy (non-hydrogen) atoms. The largest absolute Gasteiger partial charge is 0.345 e. The third kappa shape index (κ3) is 3.28. The molecule has 0 aliphatic carbocycles. The summed E-state index contributed by atoms with van der Waals surface area (Å²) in [5, 5.41) is 4.15. The van der Waals surface area contributed by atoms with Gasteiger partial charge in [-0.15, -0.1) is 0 Å². The number of carbonyl (C=O) groups is 1. The molecule has 0 bridgehead atoms. The van der Waals surface area contributed by atoms with E-state index in [1.165, 1.54) is 9.58 Å². The molecule has 0 radical (unpaired) electrons. The molecule has 0 unspecified atom stereocenters. The summed E-state index contributed by atoms with van der Waals surface area (Å²) in [5.41, 5.74) is 2.51. The summed E-state index contributed by atoms with van der Waals surface area (Å²) in [5.74, 6) is -0.191.